The van der Waals surface area contributed by atoms with Crippen molar-refractivity contribution in [3.63, 3.8) is 0 Å². The number of nitrogens with one attached hydrogen (secondary N) is 1. The van der Waals surface area contributed by atoms with Gasteiger partial charge in [0.1, 0.15) is 29.4 Å². The predicted octanol–water partition coefficient (Wildman–Crippen LogP) is 10.4. The molecule has 2 aliphatic heterocycles. The zero-order valence-electron chi connectivity index (χ0n) is 38.7. The third-order valence-electron chi connectivity index (χ3n) is 12.1. The molecule has 4 atom stereocenters. The SMILES string of the molecule is COc1ccc(C(OC[C@H]2O[C@@H](n3cc(-c4ccc5c(c4)Sc4ccccc4N5C)c(=O)[nH]c3=O)C[C@@H]2OP(OCCC#N)N(C(C)C)C(C)C)(c2ccccc2)c2ccc(OC)cc2)cc1. The fraction of sp³-hybridized carbons (Fsp3) is 0.327. The summed E-state index contributed by atoms with van der Waals surface area (Å²) >= 11 is 1.64. The number of H-pyrrole nitrogens is 1. The topological polar surface area (TPSA) is 141 Å². The molecule has 1 fully saturated rings. The number of aromatic nitrogens is 2. The van der Waals surface area contributed by atoms with Gasteiger partial charge in [-0.15, -0.1) is 0 Å². The normalized spacial score (nSPS) is 17.3. The number of benzene rings is 5. The van der Waals surface area contributed by atoms with Crippen LogP contribution in [0.3, 0.4) is 0 Å². The number of aromatic amines is 1. The van der Waals surface area contributed by atoms with Gasteiger partial charge in [0.25, 0.3) is 14.1 Å². The Morgan fingerprint density at radius 3 is 2.07 bits per heavy atom. The van der Waals surface area contributed by atoms with Crippen LogP contribution in [0.5, 0.6) is 11.5 Å². The highest BCUT2D eigenvalue weighted by atomic mass is 32.2. The molecule has 0 bridgehead atoms. The van der Waals surface area contributed by atoms with Crippen molar-refractivity contribution in [1.29, 1.82) is 5.26 Å². The Balaban J connectivity index is 1.20. The second-order valence-electron chi connectivity index (χ2n) is 16.9. The van der Waals surface area contributed by atoms with Gasteiger partial charge in [-0.05, 0) is 98.5 Å². The van der Waals surface area contributed by atoms with E-state index in [0.29, 0.717) is 22.6 Å². The van der Waals surface area contributed by atoms with Crippen LogP contribution in [0.4, 0.5) is 11.4 Å². The molecule has 0 spiro atoms. The predicted molar refractivity (Wildman–Crippen MR) is 262 cm³/mol. The van der Waals surface area contributed by atoms with Crippen molar-refractivity contribution < 1.29 is 28.0 Å². The summed E-state index contributed by atoms with van der Waals surface area (Å²) in [5.74, 6) is 1.39. The van der Waals surface area contributed by atoms with E-state index in [-0.39, 0.29) is 38.1 Å². The standard InChI is InChI=1S/C52H56N5O8PS/c1-34(2)57(35(3)4)66(63-29-13-28-53)65-45-31-49(56-32-42(50(58)54-51(56)59)36-18-27-44-48(30-36)67-47-17-12-11-16-43(47)55(44)5)64-46(45)33-62-52(37-14-9-8-10-15-37,38-19-23-40(60-6)24-20-38)39-21-25-41(61-7)26-22-39/h8-12,14-27,30,32,34-35,45-46,49H,13,29,31,33H2,1-7H3,(H,54,58,59)/t45-,46+,49+,66?/m0/s1. The molecule has 67 heavy (non-hydrogen) atoms. The molecule has 0 saturated carbocycles. The van der Waals surface area contributed by atoms with Gasteiger partial charge in [0.2, 0.25) is 0 Å². The Hall–Kier alpha value is -5.75. The number of rotatable bonds is 18. The van der Waals surface area contributed by atoms with E-state index in [1.807, 2.05) is 116 Å². The summed E-state index contributed by atoms with van der Waals surface area (Å²) in [4.78, 5) is 34.5. The molecule has 13 nitrogen and oxygen atoms in total. The number of methoxy groups -OCH3 is 2. The number of nitriles is 1. The van der Waals surface area contributed by atoms with Crippen LogP contribution >= 0.6 is 20.3 Å². The summed E-state index contributed by atoms with van der Waals surface area (Å²) in [6.45, 7) is 8.49. The third kappa shape index (κ3) is 9.96. The second-order valence-corrected chi connectivity index (χ2v) is 19.4. The number of para-hydroxylation sites is 1. The van der Waals surface area contributed by atoms with Gasteiger partial charge in [0.15, 0.2) is 0 Å². The van der Waals surface area contributed by atoms with Crippen LogP contribution in [0.2, 0.25) is 0 Å². The molecule has 3 heterocycles. The lowest BCUT2D eigenvalue weighted by Crippen LogP contribution is -2.39. The van der Waals surface area contributed by atoms with Gasteiger partial charge in [-0.1, -0.05) is 84.6 Å². The number of anilines is 2. The molecule has 1 N–H and O–H groups in total. The van der Waals surface area contributed by atoms with E-state index in [1.165, 1.54) is 4.57 Å². The Morgan fingerprint density at radius 2 is 1.45 bits per heavy atom. The Kier molecular flexibility index (Phi) is 15.0. The number of nitrogens with zero attached hydrogens (tertiary/aromatic N) is 4. The smallest absolute Gasteiger partial charge is 0.330 e. The molecule has 1 unspecified atom stereocenters. The van der Waals surface area contributed by atoms with Crippen LogP contribution < -0.4 is 25.6 Å². The van der Waals surface area contributed by atoms with Crippen molar-refractivity contribution in [2.75, 3.05) is 39.4 Å². The van der Waals surface area contributed by atoms with Crippen molar-refractivity contribution in [3.05, 3.63) is 165 Å². The number of fused-ring (bicyclic) bond motifs is 2. The molecular formula is C52H56N5O8PS. The molecule has 15 heteroatoms. The van der Waals surface area contributed by atoms with Crippen LogP contribution in [-0.2, 0) is 24.1 Å². The molecule has 0 amide bonds. The zero-order chi connectivity index (χ0) is 47.2. The largest absolute Gasteiger partial charge is 0.497 e. The maximum atomic E-state index is 14.0. The van der Waals surface area contributed by atoms with E-state index in [4.69, 9.17) is 28.0 Å². The van der Waals surface area contributed by atoms with E-state index in [0.717, 1.165) is 37.9 Å². The van der Waals surface area contributed by atoms with Gasteiger partial charge >= 0.3 is 5.69 Å². The lowest BCUT2D eigenvalue weighted by Gasteiger charge is -2.39. The van der Waals surface area contributed by atoms with Crippen molar-refractivity contribution in [2.45, 2.75) is 86.4 Å². The highest BCUT2D eigenvalue weighted by molar-refractivity contribution is 7.99. The highest BCUT2D eigenvalue weighted by Gasteiger charge is 2.45. The molecule has 5 aromatic carbocycles. The van der Waals surface area contributed by atoms with Gasteiger partial charge in [-0.25, -0.2) is 9.46 Å². The van der Waals surface area contributed by atoms with E-state index in [2.05, 4.69) is 60.5 Å². The molecule has 348 valence electrons. The lowest BCUT2D eigenvalue weighted by molar-refractivity contribution is -0.0925. The van der Waals surface area contributed by atoms with Gasteiger partial charge in [-0.3, -0.25) is 14.3 Å². The number of hydrogen-bond donors (Lipinski definition) is 1. The van der Waals surface area contributed by atoms with Crippen molar-refractivity contribution in [3.8, 4) is 28.7 Å². The molecule has 1 aromatic heterocycles. The van der Waals surface area contributed by atoms with Gasteiger partial charge in [0, 0.05) is 41.5 Å². The molecule has 1 saturated heterocycles. The molecule has 0 radical (unpaired) electrons. The van der Waals surface area contributed by atoms with E-state index in [9.17, 15) is 14.9 Å². The summed E-state index contributed by atoms with van der Waals surface area (Å²) in [7, 11) is 3.55. The van der Waals surface area contributed by atoms with Crippen LogP contribution in [0.25, 0.3) is 11.1 Å². The summed E-state index contributed by atoms with van der Waals surface area (Å²) in [6, 6.07) is 41.9. The van der Waals surface area contributed by atoms with E-state index < -0.39 is 43.8 Å². The lowest BCUT2D eigenvalue weighted by atomic mass is 9.80. The molecule has 2 aliphatic rings. The van der Waals surface area contributed by atoms with Gasteiger partial charge in [0.05, 0.1) is 63.0 Å². The fourth-order valence-corrected chi connectivity index (χ4v) is 11.8. The number of ether oxygens (including phenoxy) is 4. The van der Waals surface area contributed by atoms with Crippen molar-refractivity contribution >= 4 is 31.7 Å². The Bertz CT molecular complexity index is 2740. The quantitative estimate of drug-likeness (QED) is 0.0498. The highest BCUT2D eigenvalue weighted by Crippen LogP contribution is 2.51. The third-order valence-corrected chi connectivity index (χ3v) is 15.3. The molecule has 0 aliphatic carbocycles. The monoisotopic (exact) mass is 941 g/mol. The zero-order valence-corrected chi connectivity index (χ0v) is 40.5. The minimum Gasteiger partial charge on any atom is -0.497 e. The molecule has 6 aromatic rings. The maximum absolute atomic E-state index is 14.0. The summed E-state index contributed by atoms with van der Waals surface area (Å²) in [5, 5.41) is 9.48. The Morgan fingerprint density at radius 1 is 0.836 bits per heavy atom. The summed E-state index contributed by atoms with van der Waals surface area (Å²) in [5.41, 5.74) is 3.33. The van der Waals surface area contributed by atoms with Crippen LogP contribution in [0.1, 0.15) is 63.5 Å². The number of hydrogen-bond acceptors (Lipinski definition) is 12. The Labute approximate surface area is 397 Å². The van der Waals surface area contributed by atoms with Gasteiger partial charge in [-0.2, -0.15) is 5.26 Å². The first-order chi connectivity index (χ1) is 32.4. The molecular weight excluding hydrogens is 886 g/mol. The first-order valence-corrected chi connectivity index (χ1v) is 24.3. The first kappa shape index (κ1) is 47.7. The summed E-state index contributed by atoms with van der Waals surface area (Å²) in [6.07, 6.45) is -0.310. The minimum absolute atomic E-state index is 0.000837. The average molecular weight is 942 g/mol. The van der Waals surface area contributed by atoms with Crippen LogP contribution in [0, 0.1) is 11.3 Å². The average Bonchev–Trinajstić information content (AvgIpc) is 3.73. The van der Waals surface area contributed by atoms with E-state index >= 15 is 0 Å². The summed E-state index contributed by atoms with van der Waals surface area (Å²) < 4.78 is 42.5. The van der Waals surface area contributed by atoms with E-state index in [1.54, 1.807) is 32.2 Å². The minimum atomic E-state index is -1.74. The van der Waals surface area contributed by atoms with Crippen LogP contribution in [-0.4, -0.2) is 73.0 Å². The van der Waals surface area contributed by atoms with Crippen molar-refractivity contribution in [1.82, 2.24) is 14.2 Å². The maximum Gasteiger partial charge on any atom is 0.330 e. The van der Waals surface area contributed by atoms with Crippen molar-refractivity contribution in [2.24, 2.45) is 0 Å². The first-order valence-electron chi connectivity index (χ1n) is 22.3. The molecule has 8 rings (SSSR count). The van der Waals surface area contributed by atoms with Crippen LogP contribution in [0.15, 0.2) is 147 Å². The van der Waals surface area contributed by atoms with Gasteiger partial charge < -0.3 is 32.9 Å². The fourth-order valence-electron chi connectivity index (χ4n) is 8.84. The second kappa shape index (κ2) is 21.0.